The molecule has 1 N–H and O–H groups in total. The Morgan fingerprint density at radius 2 is 2.25 bits per heavy atom. The second-order valence-electron chi connectivity index (χ2n) is 3.53. The van der Waals surface area contributed by atoms with Gasteiger partial charge in [-0.3, -0.25) is 0 Å². The first-order chi connectivity index (χ1) is 7.58. The fraction of sp³-hybridized carbons (Fsp3) is 0.0833. The van der Waals surface area contributed by atoms with Gasteiger partial charge in [-0.2, -0.15) is 0 Å². The first-order valence-corrected chi connectivity index (χ1v) is 4.73. The molecule has 3 nitrogen and oxygen atoms in total. The van der Waals surface area contributed by atoms with E-state index in [-0.39, 0.29) is 5.82 Å². The number of aryl methyl sites for hydroxylation is 1. The van der Waals surface area contributed by atoms with Crippen molar-refractivity contribution < 1.29 is 14.3 Å². The van der Waals surface area contributed by atoms with Gasteiger partial charge in [0.2, 0.25) is 0 Å². The lowest BCUT2D eigenvalue weighted by atomic mass is 10.1. The standard InChI is InChI=1S/C12H10FNO2/c1-14-7-8(2-5-12(15)16)10-6-9(13)3-4-11(10)14/h2-7H,1H3,(H,15,16)/b5-2+. The lowest BCUT2D eigenvalue weighted by Gasteiger charge is -1.94. The monoisotopic (exact) mass is 219 g/mol. The predicted octanol–water partition coefficient (Wildman–Crippen LogP) is 2.42. The Hall–Kier alpha value is -2.10. The van der Waals surface area contributed by atoms with Crippen molar-refractivity contribution in [2.45, 2.75) is 0 Å². The summed E-state index contributed by atoms with van der Waals surface area (Å²) in [6.07, 6.45) is 4.27. The van der Waals surface area contributed by atoms with E-state index in [0.29, 0.717) is 10.9 Å². The van der Waals surface area contributed by atoms with Gasteiger partial charge in [0.05, 0.1) is 0 Å². The molecule has 4 heteroatoms. The summed E-state index contributed by atoms with van der Waals surface area (Å²) in [5, 5.41) is 9.25. The Kier molecular flexibility index (Phi) is 2.48. The number of nitrogens with zero attached hydrogens (tertiary/aromatic N) is 1. The first kappa shape index (κ1) is 10.4. The van der Waals surface area contributed by atoms with Crippen LogP contribution in [0.3, 0.4) is 0 Å². The van der Waals surface area contributed by atoms with E-state index in [1.807, 2.05) is 11.6 Å². The van der Waals surface area contributed by atoms with Gasteiger partial charge in [0.15, 0.2) is 0 Å². The zero-order valence-corrected chi connectivity index (χ0v) is 8.64. The van der Waals surface area contributed by atoms with Gasteiger partial charge in [0.25, 0.3) is 0 Å². The number of rotatable bonds is 2. The number of halogens is 1. The minimum Gasteiger partial charge on any atom is -0.478 e. The summed E-state index contributed by atoms with van der Waals surface area (Å²) in [5.74, 6) is -1.35. The minimum atomic E-state index is -1.02. The Morgan fingerprint density at radius 3 is 2.94 bits per heavy atom. The van der Waals surface area contributed by atoms with Crippen LogP contribution in [-0.4, -0.2) is 15.6 Å². The second-order valence-corrected chi connectivity index (χ2v) is 3.53. The van der Waals surface area contributed by atoms with Crippen molar-refractivity contribution in [2.75, 3.05) is 0 Å². The summed E-state index contributed by atoms with van der Waals surface area (Å²) < 4.78 is 14.9. The number of hydrogen-bond acceptors (Lipinski definition) is 1. The van der Waals surface area contributed by atoms with E-state index in [1.54, 1.807) is 12.3 Å². The number of aliphatic carboxylic acids is 1. The van der Waals surface area contributed by atoms with E-state index in [2.05, 4.69) is 0 Å². The molecule has 0 aliphatic heterocycles. The molecule has 0 saturated carbocycles. The average Bonchev–Trinajstić information content (AvgIpc) is 2.52. The number of carboxylic acids is 1. The number of carbonyl (C=O) groups is 1. The van der Waals surface area contributed by atoms with Crippen LogP contribution < -0.4 is 0 Å². The molecule has 16 heavy (non-hydrogen) atoms. The third kappa shape index (κ3) is 1.82. The van der Waals surface area contributed by atoms with Crippen molar-refractivity contribution in [1.29, 1.82) is 0 Å². The molecule has 0 aliphatic rings. The van der Waals surface area contributed by atoms with Crippen LogP contribution in [0.2, 0.25) is 0 Å². The molecule has 0 spiro atoms. The molecule has 2 rings (SSSR count). The fourth-order valence-corrected chi connectivity index (χ4v) is 1.69. The molecule has 0 atom stereocenters. The zero-order chi connectivity index (χ0) is 11.7. The molecule has 0 amide bonds. The van der Waals surface area contributed by atoms with Gasteiger partial charge in [0.1, 0.15) is 5.82 Å². The lowest BCUT2D eigenvalue weighted by molar-refractivity contribution is -0.131. The Balaban J connectivity index is 2.61. The summed E-state index contributed by atoms with van der Waals surface area (Å²) >= 11 is 0. The van der Waals surface area contributed by atoms with Crippen LogP contribution in [0.1, 0.15) is 5.56 Å². The molecule has 0 radical (unpaired) electrons. The maximum absolute atomic E-state index is 13.1. The maximum Gasteiger partial charge on any atom is 0.328 e. The fourth-order valence-electron chi connectivity index (χ4n) is 1.69. The highest BCUT2D eigenvalue weighted by Gasteiger charge is 2.05. The average molecular weight is 219 g/mol. The minimum absolute atomic E-state index is 0.330. The van der Waals surface area contributed by atoms with Crippen LogP contribution >= 0.6 is 0 Å². The van der Waals surface area contributed by atoms with Gasteiger partial charge in [0, 0.05) is 35.8 Å². The van der Waals surface area contributed by atoms with Gasteiger partial charge in [-0.25, -0.2) is 9.18 Å². The molecule has 0 saturated heterocycles. The molecule has 1 aromatic carbocycles. The molecular weight excluding hydrogens is 209 g/mol. The maximum atomic E-state index is 13.1. The topological polar surface area (TPSA) is 42.2 Å². The first-order valence-electron chi connectivity index (χ1n) is 4.73. The Labute approximate surface area is 91.4 Å². The van der Waals surface area contributed by atoms with Crippen LogP contribution in [0.4, 0.5) is 4.39 Å². The normalized spacial score (nSPS) is 11.4. The molecule has 0 aliphatic carbocycles. The highest BCUT2D eigenvalue weighted by Crippen LogP contribution is 2.22. The number of fused-ring (bicyclic) bond motifs is 1. The molecule has 0 bridgehead atoms. The number of hydrogen-bond donors (Lipinski definition) is 1. The van der Waals surface area contributed by atoms with E-state index in [0.717, 1.165) is 11.6 Å². The predicted molar refractivity (Wildman–Crippen MR) is 59.5 cm³/mol. The Bertz CT molecular complexity index is 584. The molecule has 1 heterocycles. The number of benzene rings is 1. The number of carboxylic acid groups (broad SMARTS) is 1. The third-order valence-electron chi connectivity index (χ3n) is 2.39. The van der Waals surface area contributed by atoms with Gasteiger partial charge in [-0.1, -0.05) is 0 Å². The highest BCUT2D eigenvalue weighted by atomic mass is 19.1. The van der Waals surface area contributed by atoms with E-state index >= 15 is 0 Å². The molecular formula is C12H10FNO2. The number of aromatic nitrogens is 1. The second kappa shape index (κ2) is 3.81. The molecule has 0 fully saturated rings. The SMILES string of the molecule is Cn1cc(/C=C/C(=O)O)c2cc(F)ccc21. The molecule has 0 unspecified atom stereocenters. The molecule has 1 aromatic heterocycles. The van der Waals surface area contributed by atoms with Crippen LogP contribution in [0.15, 0.2) is 30.5 Å². The van der Waals surface area contributed by atoms with Crippen LogP contribution in [0.5, 0.6) is 0 Å². The van der Waals surface area contributed by atoms with Gasteiger partial charge < -0.3 is 9.67 Å². The van der Waals surface area contributed by atoms with Gasteiger partial charge in [-0.15, -0.1) is 0 Å². The van der Waals surface area contributed by atoms with Crippen molar-refractivity contribution in [1.82, 2.24) is 4.57 Å². The van der Waals surface area contributed by atoms with E-state index in [1.165, 1.54) is 18.2 Å². The van der Waals surface area contributed by atoms with Gasteiger partial charge in [-0.05, 0) is 24.3 Å². The summed E-state index contributed by atoms with van der Waals surface area (Å²) in [5.41, 5.74) is 1.56. The summed E-state index contributed by atoms with van der Waals surface area (Å²) in [4.78, 5) is 10.4. The summed E-state index contributed by atoms with van der Waals surface area (Å²) in [6.45, 7) is 0. The van der Waals surface area contributed by atoms with Crippen molar-refractivity contribution in [2.24, 2.45) is 7.05 Å². The van der Waals surface area contributed by atoms with E-state index < -0.39 is 5.97 Å². The zero-order valence-electron chi connectivity index (χ0n) is 8.64. The van der Waals surface area contributed by atoms with E-state index in [4.69, 9.17) is 5.11 Å². The van der Waals surface area contributed by atoms with Crippen molar-refractivity contribution in [3.8, 4) is 0 Å². The lowest BCUT2D eigenvalue weighted by Crippen LogP contribution is -1.85. The quantitative estimate of drug-likeness (QED) is 0.788. The third-order valence-corrected chi connectivity index (χ3v) is 2.39. The Morgan fingerprint density at radius 1 is 1.50 bits per heavy atom. The van der Waals surface area contributed by atoms with E-state index in [9.17, 15) is 9.18 Å². The van der Waals surface area contributed by atoms with Crippen LogP contribution in [-0.2, 0) is 11.8 Å². The van der Waals surface area contributed by atoms with Crippen molar-refractivity contribution >= 4 is 22.9 Å². The highest BCUT2D eigenvalue weighted by molar-refractivity contribution is 5.93. The van der Waals surface area contributed by atoms with Crippen molar-refractivity contribution in [3.05, 3.63) is 41.9 Å². The summed E-state index contributed by atoms with van der Waals surface area (Å²) in [7, 11) is 1.83. The largest absolute Gasteiger partial charge is 0.478 e. The summed E-state index contributed by atoms with van der Waals surface area (Å²) in [6, 6.07) is 4.45. The molecule has 2 aromatic rings. The smallest absolute Gasteiger partial charge is 0.328 e. The van der Waals surface area contributed by atoms with Crippen LogP contribution in [0.25, 0.3) is 17.0 Å². The van der Waals surface area contributed by atoms with Gasteiger partial charge >= 0.3 is 5.97 Å². The van der Waals surface area contributed by atoms with Crippen LogP contribution in [0, 0.1) is 5.82 Å². The molecule has 82 valence electrons. The van der Waals surface area contributed by atoms with Crippen molar-refractivity contribution in [3.63, 3.8) is 0 Å².